The van der Waals surface area contributed by atoms with E-state index in [1.807, 2.05) is 30.3 Å². The zero-order valence-electron chi connectivity index (χ0n) is 46.8. The van der Waals surface area contributed by atoms with E-state index in [-0.39, 0.29) is 76.2 Å². The molecular weight excluding hydrogens is 1060 g/mol. The molecule has 82 heavy (non-hydrogen) atoms. The second kappa shape index (κ2) is 33.8. The largest absolute Gasteiger partial charge is 0.391 e. The Morgan fingerprint density at radius 3 is 1.54 bits per heavy atom. The Hall–Kier alpha value is -7.88. The first-order valence-corrected chi connectivity index (χ1v) is 27.5. The number of carbonyl (C=O) groups is 10. The number of aliphatic hydroxyl groups excluding tert-OH is 2. The summed E-state index contributed by atoms with van der Waals surface area (Å²) in [6.45, 7) is 4.99. The molecule has 11 atom stereocenters. The van der Waals surface area contributed by atoms with Crippen LogP contribution in [-0.2, 0) is 49.6 Å². The van der Waals surface area contributed by atoms with Gasteiger partial charge in [0, 0.05) is 18.5 Å². The molecule has 0 radical (unpaired) electrons. The SMILES string of the molecule is CC(C)CC1NC(=O)C(Cc2ccccc2)NC(=O)[C@H](CCN)NC(=O)C(NC(=O)[C@H](CCN)NC(=O)[C@@H](NC(=O)c2ccc(-c3ccccc3)cc2)[C@@H](C)O)CCNC(=O)[C@H]([C@@H](C)O)NC(=O)[C@H](CCN)NC(=O)C(CCN)NC1=O. The molecule has 4 rings (SSSR count). The highest BCUT2D eigenvalue weighted by Gasteiger charge is 2.37. The van der Waals surface area contributed by atoms with Gasteiger partial charge in [0.25, 0.3) is 5.91 Å². The number of carbonyl (C=O) groups excluding carboxylic acids is 10. The Kier molecular flexibility index (Phi) is 27.4. The summed E-state index contributed by atoms with van der Waals surface area (Å²) >= 11 is 0. The molecule has 0 aromatic heterocycles. The Balaban J connectivity index is 1.71. The molecule has 1 fully saturated rings. The summed E-state index contributed by atoms with van der Waals surface area (Å²) in [5.41, 5.74) is 26.0. The maximum atomic E-state index is 14.5. The zero-order valence-corrected chi connectivity index (χ0v) is 46.8. The van der Waals surface area contributed by atoms with E-state index in [0.29, 0.717) is 5.56 Å². The normalized spacial score (nSPS) is 22.5. The fourth-order valence-corrected chi connectivity index (χ4v) is 8.85. The third kappa shape index (κ3) is 20.9. The van der Waals surface area contributed by atoms with Crippen LogP contribution in [0.1, 0.15) is 82.1 Å². The van der Waals surface area contributed by atoms with Crippen LogP contribution < -0.4 is 76.1 Å². The second-order valence-electron chi connectivity index (χ2n) is 20.5. The number of hydrogen-bond donors (Lipinski definition) is 16. The average molecular weight is 1140 g/mol. The van der Waals surface area contributed by atoms with Crippen LogP contribution in [0.5, 0.6) is 0 Å². The molecule has 3 aromatic carbocycles. The maximum absolute atomic E-state index is 14.5. The number of benzene rings is 3. The van der Waals surface area contributed by atoms with E-state index in [2.05, 4.69) is 53.2 Å². The van der Waals surface area contributed by atoms with Crippen molar-refractivity contribution in [2.24, 2.45) is 28.9 Å². The lowest BCUT2D eigenvalue weighted by atomic mass is 10.00. The number of nitrogens with one attached hydrogen (secondary N) is 10. The van der Waals surface area contributed by atoms with E-state index >= 15 is 0 Å². The number of amides is 10. The van der Waals surface area contributed by atoms with Gasteiger partial charge in [-0.1, -0.05) is 86.6 Å². The maximum Gasteiger partial charge on any atom is 0.252 e. The highest BCUT2D eigenvalue weighted by molar-refractivity contribution is 6.00. The van der Waals surface area contributed by atoms with E-state index in [9.17, 15) is 58.2 Å². The lowest BCUT2D eigenvalue weighted by Gasteiger charge is -2.28. The van der Waals surface area contributed by atoms with Crippen LogP contribution in [0, 0.1) is 5.92 Å². The van der Waals surface area contributed by atoms with Crippen LogP contribution in [0.2, 0.25) is 0 Å². The van der Waals surface area contributed by atoms with Gasteiger partial charge in [0.1, 0.15) is 54.4 Å². The average Bonchev–Trinajstić information content (AvgIpc) is 3.62. The molecule has 4 unspecified atom stereocenters. The summed E-state index contributed by atoms with van der Waals surface area (Å²) in [5, 5.41) is 47.1. The van der Waals surface area contributed by atoms with Crippen molar-refractivity contribution < 1.29 is 58.2 Å². The summed E-state index contributed by atoms with van der Waals surface area (Å²) < 4.78 is 0. The van der Waals surface area contributed by atoms with Gasteiger partial charge in [0.15, 0.2) is 0 Å². The van der Waals surface area contributed by atoms with Crippen LogP contribution >= 0.6 is 0 Å². The molecule has 26 nitrogen and oxygen atoms in total. The van der Waals surface area contributed by atoms with E-state index in [4.69, 9.17) is 22.9 Å². The molecule has 1 saturated heterocycles. The van der Waals surface area contributed by atoms with Crippen LogP contribution in [-0.4, -0.2) is 169 Å². The fraction of sp³-hybridized carbons (Fsp3) is 0.500. The van der Waals surface area contributed by atoms with E-state index in [1.165, 1.54) is 13.8 Å². The van der Waals surface area contributed by atoms with Crippen molar-refractivity contribution in [3.63, 3.8) is 0 Å². The molecule has 26 heteroatoms. The van der Waals surface area contributed by atoms with E-state index in [0.717, 1.165) is 11.1 Å². The molecule has 0 saturated carbocycles. The minimum absolute atomic E-state index is 0.0544. The first-order valence-electron chi connectivity index (χ1n) is 27.5. The van der Waals surface area contributed by atoms with Crippen molar-refractivity contribution in [1.29, 1.82) is 0 Å². The van der Waals surface area contributed by atoms with Crippen LogP contribution in [0.15, 0.2) is 84.9 Å². The third-order valence-electron chi connectivity index (χ3n) is 13.3. The van der Waals surface area contributed by atoms with Gasteiger partial charge in [0.2, 0.25) is 53.2 Å². The quantitative estimate of drug-likeness (QED) is 0.0488. The van der Waals surface area contributed by atoms with Gasteiger partial charge in [-0.2, -0.15) is 0 Å². The number of rotatable bonds is 21. The fourth-order valence-electron chi connectivity index (χ4n) is 8.85. The van der Waals surface area contributed by atoms with Gasteiger partial charge in [-0.3, -0.25) is 47.9 Å². The molecule has 1 heterocycles. The van der Waals surface area contributed by atoms with E-state index < -0.39 is 139 Å². The number of nitrogens with two attached hydrogens (primary N) is 4. The van der Waals surface area contributed by atoms with Crippen LogP contribution in [0.3, 0.4) is 0 Å². The standard InChI is InChI=1S/C56H82N14O12/c1-31(2)29-43-53(79)64-38(19-24-57)48(74)63-41(22-27-60)52(78)70-45(32(3)71)55(81)61-28-23-42(51(77)62-39(20-25-58)50(76)68-44(54(80)67-43)30-34-11-7-5-8-12-34)65-49(75)40(21-26-59)66-56(82)46(33(4)72)69-47(73)37-17-15-36(16-18-37)35-13-9-6-10-14-35/h5-18,31-33,38-46,71-72H,19-30,57-60H2,1-4H3,(H,61,81)(H,62,77)(H,63,74)(H,64,79)(H,65,75)(H,66,82)(H,67,80)(H,68,76)(H,69,73)(H,70,78)/t32-,33-,38?,39+,40+,41+,42?,43?,44?,45+,46+/m1/s1. The van der Waals surface area contributed by atoms with Gasteiger partial charge in [-0.15, -0.1) is 0 Å². The topological polar surface area (TPSA) is 436 Å². The Bertz CT molecular complexity index is 2610. The molecule has 20 N–H and O–H groups in total. The summed E-state index contributed by atoms with van der Waals surface area (Å²) in [7, 11) is 0. The molecule has 10 amide bonds. The van der Waals surface area contributed by atoms with Crippen molar-refractivity contribution >= 4 is 59.1 Å². The van der Waals surface area contributed by atoms with Crippen LogP contribution in [0.4, 0.5) is 0 Å². The zero-order chi connectivity index (χ0) is 60.5. The number of aliphatic hydroxyl groups is 2. The molecule has 3 aromatic rings. The Morgan fingerprint density at radius 1 is 0.549 bits per heavy atom. The lowest BCUT2D eigenvalue weighted by Crippen LogP contribution is -2.61. The molecular formula is C56H82N14O12. The van der Waals surface area contributed by atoms with Gasteiger partial charge >= 0.3 is 0 Å². The van der Waals surface area contributed by atoms with Crippen molar-refractivity contribution in [2.45, 2.75) is 139 Å². The molecule has 0 aliphatic carbocycles. The predicted molar refractivity (Wildman–Crippen MR) is 304 cm³/mol. The molecule has 448 valence electrons. The minimum atomic E-state index is -1.67. The summed E-state index contributed by atoms with van der Waals surface area (Å²) in [6.07, 6.45) is -4.27. The van der Waals surface area contributed by atoms with Crippen LogP contribution in [0.25, 0.3) is 11.1 Å². The monoisotopic (exact) mass is 1140 g/mol. The third-order valence-corrected chi connectivity index (χ3v) is 13.3. The Labute approximate surface area is 476 Å². The summed E-state index contributed by atoms with van der Waals surface area (Å²) in [6, 6.07) is 11.1. The first kappa shape index (κ1) is 66.6. The Morgan fingerprint density at radius 2 is 1.02 bits per heavy atom. The van der Waals surface area contributed by atoms with Gasteiger partial charge in [-0.25, -0.2) is 0 Å². The summed E-state index contributed by atoms with van der Waals surface area (Å²) in [4.78, 5) is 140. The van der Waals surface area contributed by atoms with Crippen molar-refractivity contribution in [2.75, 3.05) is 32.7 Å². The van der Waals surface area contributed by atoms with Crippen molar-refractivity contribution in [3.05, 3.63) is 96.1 Å². The highest BCUT2D eigenvalue weighted by Crippen LogP contribution is 2.20. The molecule has 0 spiro atoms. The second-order valence-corrected chi connectivity index (χ2v) is 20.5. The summed E-state index contributed by atoms with van der Waals surface area (Å²) in [5.74, 6) is -9.20. The van der Waals surface area contributed by atoms with Gasteiger partial charge in [-0.05, 0) is 113 Å². The number of hydrogen-bond acceptors (Lipinski definition) is 16. The molecule has 1 aliphatic heterocycles. The lowest BCUT2D eigenvalue weighted by molar-refractivity contribution is -0.136. The van der Waals surface area contributed by atoms with Crippen molar-refractivity contribution in [1.82, 2.24) is 53.2 Å². The highest BCUT2D eigenvalue weighted by atomic mass is 16.3. The minimum Gasteiger partial charge on any atom is -0.391 e. The van der Waals surface area contributed by atoms with Gasteiger partial charge in [0.05, 0.1) is 12.2 Å². The smallest absolute Gasteiger partial charge is 0.252 e. The van der Waals surface area contributed by atoms with Gasteiger partial charge < -0.3 is 86.3 Å². The van der Waals surface area contributed by atoms with E-state index in [1.54, 1.807) is 68.4 Å². The first-order chi connectivity index (χ1) is 39.1. The molecule has 1 aliphatic rings. The van der Waals surface area contributed by atoms with Crippen molar-refractivity contribution in [3.8, 4) is 11.1 Å². The molecule has 0 bridgehead atoms. The predicted octanol–water partition coefficient (Wildman–Crippen LogP) is -3.70.